The molecule has 2 atom stereocenters. The van der Waals surface area contributed by atoms with Crippen LogP contribution >= 0.6 is 11.6 Å². The Kier molecular flexibility index (Phi) is 4.80. The number of ether oxygens (including phenoxy) is 1. The number of piperidine rings is 1. The minimum atomic E-state index is -0.437. The second-order valence-electron chi connectivity index (χ2n) is 4.83. The molecule has 1 saturated heterocycles. The quantitative estimate of drug-likeness (QED) is 0.681. The van der Waals surface area contributed by atoms with Crippen LogP contribution in [0.1, 0.15) is 12.8 Å². The summed E-state index contributed by atoms with van der Waals surface area (Å²) < 4.78 is 5.37. The number of nitro benzene ring substituents is 1. The van der Waals surface area contributed by atoms with Gasteiger partial charge in [0, 0.05) is 26.2 Å². The van der Waals surface area contributed by atoms with Gasteiger partial charge in [-0.15, -0.1) is 0 Å². The number of rotatable bonds is 4. The molecule has 1 aliphatic heterocycles. The van der Waals surface area contributed by atoms with Crippen molar-refractivity contribution < 1.29 is 9.66 Å². The van der Waals surface area contributed by atoms with Crippen molar-refractivity contribution in [3.8, 4) is 0 Å². The van der Waals surface area contributed by atoms with E-state index in [1.54, 1.807) is 19.2 Å². The van der Waals surface area contributed by atoms with Crippen molar-refractivity contribution in [1.82, 2.24) is 0 Å². The van der Waals surface area contributed by atoms with Crippen LogP contribution in [0.2, 0.25) is 5.02 Å². The van der Waals surface area contributed by atoms with Gasteiger partial charge >= 0.3 is 5.69 Å². The lowest BCUT2D eigenvalue weighted by molar-refractivity contribution is -0.384. The van der Waals surface area contributed by atoms with Crippen LogP contribution in [-0.4, -0.2) is 37.3 Å². The van der Waals surface area contributed by atoms with Crippen LogP contribution < -0.4 is 10.6 Å². The highest BCUT2D eigenvalue weighted by Crippen LogP contribution is 2.37. The molecular formula is C13H18ClN3O3. The number of nitrogens with two attached hydrogens (primary N) is 1. The zero-order chi connectivity index (χ0) is 14.7. The Hall–Kier alpha value is -1.37. The molecule has 0 bridgehead atoms. The molecule has 0 radical (unpaired) electrons. The summed E-state index contributed by atoms with van der Waals surface area (Å²) in [4.78, 5) is 12.8. The van der Waals surface area contributed by atoms with Gasteiger partial charge in [-0.25, -0.2) is 0 Å². The van der Waals surface area contributed by atoms with Gasteiger partial charge in [0.25, 0.3) is 0 Å². The summed E-state index contributed by atoms with van der Waals surface area (Å²) in [6, 6.07) is 4.99. The maximum absolute atomic E-state index is 11.2. The Labute approximate surface area is 122 Å². The second-order valence-corrected chi connectivity index (χ2v) is 5.24. The molecule has 0 saturated carbocycles. The number of methoxy groups -OCH3 is 1. The lowest BCUT2D eigenvalue weighted by Crippen LogP contribution is -2.48. The first kappa shape index (κ1) is 15.0. The molecule has 0 aliphatic carbocycles. The number of nitro groups is 1. The molecule has 0 amide bonds. The summed E-state index contributed by atoms with van der Waals surface area (Å²) in [6.45, 7) is 1.09. The van der Waals surface area contributed by atoms with Gasteiger partial charge < -0.3 is 15.4 Å². The molecule has 2 N–H and O–H groups in total. The molecule has 2 unspecified atom stereocenters. The number of anilines is 1. The SMILES string of the molecule is COC1CCN(c2cccc(Cl)c2[N+](=O)[O-])C(CN)C1. The molecule has 6 nitrogen and oxygen atoms in total. The number of para-hydroxylation sites is 1. The zero-order valence-corrected chi connectivity index (χ0v) is 12.0. The average molecular weight is 300 g/mol. The predicted octanol–water partition coefficient (Wildman–Crippen LogP) is 2.19. The third-order valence-corrected chi connectivity index (χ3v) is 4.04. The second kappa shape index (κ2) is 6.39. The number of hydrogen-bond acceptors (Lipinski definition) is 5. The van der Waals surface area contributed by atoms with E-state index in [1.807, 2.05) is 4.90 Å². The summed E-state index contributed by atoms with van der Waals surface area (Å²) in [5, 5.41) is 11.4. The Morgan fingerprint density at radius 3 is 2.95 bits per heavy atom. The summed E-state index contributed by atoms with van der Waals surface area (Å²) in [5.74, 6) is 0. The van der Waals surface area contributed by atoms with Gasteiger partial charge in [0.1, 0.15) is 10.7 Å². The lowest BCUT2D eigenvalue weighted by atomic mass is 9.98. The molecule has 2 rings (SSSR count). The molecule has 1 fully saturated rings. The summed E-state index contributed by atoms with van der Waals surface area (Å²) >= 11 is 5.97. The summed E-state index contributed by atoms with van der Waals surface area (Å²) in [5.41, 5.74) is 6.29. The van der Waals surface area contributed by atoms with Crippen LogP contribution in [0.3, 0.4) is 0 Å². The van der Waals surface area contributed by atoms with E-state index in [1.165, 1.54) is 6.07 Å². The van der Waals surface area contributed by atoms with E-state index in [4.69, 9.17) is 22.1 Å². The number of halogens is 1. The maximum atomic E-state index is 11.2. The van der Waals surface area contributed by atoms with Gasteiger partial charge in [0.15, 0.2) is 0 Å². The third kappa shape index (κ3) is 2.87. The molecule has 20 heavy (non-hydrogen) atoms. The standard InChI is InChI=1S/C13H18ClN3O3/c1-20-10-5-6-16(9(7-10)8-15)12-4-2-3-11(14)13(12)17(18)19/h2-4,9-10H,5-8,15H2,1H3. The fraction of sp³-hybridized carbons (Fsp3) is 0.538. The Morgan fingerprint density at radius 2 is 2.35 bits per heavy atom. The summed E-state index contributed by atoms with van der Waals surface area (Å²) in [6.07, 6.45) is 1.73. The molecule has 1 aromatic carbocycles. The lowest BCUT2D eigenvalue weighted by Gasteiger charge is -2.39. The van der Waals surface area contributed by atoms with Crippen LogP contribution in [-0.2, 0) is 4.74 Å². The first-order valence-electron chi connectivity index (χ1n) is 6.50. The van der Waals surface area contributed by atoms with Crippen LogP contribution in [0.4, 0.5) is 11.4 Å². The Bertz CT molecular complexity index is 498. The fourth-order valence-corrected chi connectivity index (χ4v) is 2.92. The van der Waals surface area contributed by atoms with Gasteiger partial charge in [-0.1, -0.05) is 17.7 Å². The van der Waals surface area contributed by atoms with E-state index in [9.17, 15) is 10.1 Å². The van der Waals surface area contributed by atoms with Crippen molar-refractivity contribution in [1.29, 1.82) is 0 Å². The predicted molar refractivity (Wildman–Crippen MR) is 78.3 cm³/mol. The smallest absolute Gasteiger partial charge is 0.310 e. The molecule has 1 aromatic rings. The minimum Gasteiger partial charge on any atom is -0.381 e. The van der Waals surface area contributed by atoms with Crippen molar-refractivity contribution in [3.63, 3.8) is 0 Å². The maximum Gasteiger partial charge on any atom is 0.310 e. The highest BCUT2D eigenvalue weighted by atomic mass is 35.5. The van der Waals surface area contributed by atoms with Gasteiger partial charge in [-0.05, 0) is 25.0 Å². The zero-order valence-electron chi connectivity index (χ0n) is 11.3. The van der Waals surface area contributed by atoms with Crippen molar-refractivity contribution in [3.05, 3.63) is 33.3 Å². The van der Waals surface area contributed by atoms with Gasteiger partial charge in [-0.3, -0.25) is 10.1 Å². The van der Waals surface area contributed by atoms with E-state index in [-0.39, 0.29) is 22.9 Å². The van der Waals surface area contributed by atoms with Crippen molar-refractivity contribution in [2.45, 2.75) is 25.0 Å². The average Bonchev–Trinajstić information content (AvgIpc) is 2.45. The molecule has 7 heteroatoms. The van der Waals surface area contributed by atoms with Crippen LogP contribution in [0.5, 0.6) is 0 Å². The fourth-order valence-electron chi connectivity index (χ4n) is 2.69. The van der Waals surface area contributed by atoms with Gasteiger partial charge in [-0.2, -0.15) is 0 Å². The van der Waals surface area contributed by atoms with Crippen molar-refractivity contribution in [2.75, 3.05) is 25.1 Å². The van der Waals surface area contributed by atoms with Gasteiger partial charge in [0.2, 0.25) is 0 Å². The molecule has 1 aliphatic rings. The minimum absolute atomic E-state index is 0.0193. The molecule has 110 valence electrons. The van der Waals surface area contributed by atoms with Crippen LogP contribution in [0.25, 0.3) is 0 Å². The normalized spacial score (nSPS) is 22.9. The highest BCUT2D eigenvalue weighted by Gasteiger charge is 2.32. The van der Waals surface area contributed by atoms with E-state index >= 15 is 0 Å². The number of hydrogen-bond donors (Lipinski definition) is 1. The highest BCUT2D eigenvalue weighted by molar-refractivity contribution is 6.33. The monoisotopic (exact) mass is 299 g/mol. The van der Waals surface area contributed by atoms with E-state index in [0.717, 1.165) is 12.8 Å². The number of nitrogens with zero attached hydrogens (tertiary/aromatic N) is 2. The van der Waals surface area contributed by atoms with Gasteiger partial charge in [0.05, 0.1) is 11.0 Å². The van der Waals surface area contributed by atoms with Crippen LogP contribution in [0.15, 0.2) is 18.2 Å². The van der Waals surface area contributed by atoms with Crippen LogP contribution in [0, 0.1) is 10.1 Å². The van der Waals surface area contributed by atoms with E-state index in [0.29, 0.717) is 18.8 Å². The topological polar surface area (TPSA) is 81.6 Å². The first-order chi connectivity index (χ1) is 9.58. The van der Waals surface area contributed by atoms with E-state index < -0.39 is 4.92 Å². The first-order valence-corrected chi connectivity index (χ1v) is 6.88. The number of benzene rings is 1. The molecule has 1 heterocycles. The van der Waals surface area contributed by atoms with E-state index in [2.05, 4.69) is 0 Å². The van der Waals surface area contributed by atoms with Crippen molar-refractivity contribution >= 4 is 23.0 Å². The molecular weight excluding hydrogens is 282 g/mol. The third-order valence-electron chi connectivity index (χ3n) is 3.73. The summed E-state index contributed by atoms with van der Waals surface area (Å²) in [7, 11) is 1.68. The Balaban J connectivity index is 2.35. The largest absolute Gasteiger partial charge is 0.381 e. The van der Waals surface area contributed by atoms with Crippen molar-refractivity contribution in [2.24, 2.45) is 5.73 Å². The molecule has 0 spiro atoms. The Morgan fingerprint density at radius 1 is 1.60 bits per heavy atom. The molecule has 0 aromatic heterocycles.